The smallest absolute Gasteiger partial charge is 0.157 e. The number of amidine groups is 2. The topological polar surface area (TPSA) is 66.0 Å². The molecular weight excluding hydrogens is 755 g/mol. The first-order chi connectivity index (χ1) is 30.7. The van der Waals surface area contributed by atoms with E-state index >= 15 is 0 Å². The summed E-state index contributed by atoms with van der Waals surface area (Å²) in [5.74, 6) is 1.03. The van der Waals surface area contributed by atoms with Crippen LogP contribution in [0.5, 0.6) is 0 Å². The molecule has 8 aromatic carbocycles. The first-order valence-corrected chi connectivity index (χ1v) is 21.2. The fourth-order valence-electron chi connectivity index (χ4n) is 9.65. The van der Waals surface area contributed by atoms with Crippen molar-refractivity contribution in [3.63, 3.8) is 0 Å². The molecule has 1 aliphatic carbocycles. The zero-order valence-corrected chi connectivity index (χ0v) is 34.1. The van der Waals surface area contributed by atoms with Gasteiger partial charge in [0.25, 0.3) is 0 Å². The monoisotopic (exact) mass is 797 g/mol. The normalized spacial score (nSPS) is 16.4. The Hall–Kier alpha value is -8.02. The van der Waals surface area contributed by atoms with Gasteiger partial charge in [0, 0.05) is 23.4 Å². The molecule has 296 valence electrons. The van der Waals surface area contributed by atoms with Gasteiger partial charge < -0.3 is 16.0 Å². The Morgan fingerprint density at radius 3 is 1.97 bits per heavy atom. The zero-order chi connectivity index (χ0) is 41.5. The average molecular weight is 798 g/mol. The third-order valence-corrected chi connectivity index (χ3v) is 12.5. The van der Waals surface area contributed by atoms with Gasteiger partial charge in [-0.15, -0.1) is 0 Å². The largest absolute Gasteiger partial charge is 0.387 e. The van der Waals surface area contributed by atoms with Crippen LogP contribution in [-0.2, 0) is 12.0 Å². The van der Waals surface area contributed by atoms with E-state index in [1.807, 2.05) is 60.7 Å². The maximum Gasteiger partial charge on any atom is 0.157 e. The van der Waals surface area contributed by atoms with E-state index in [0.717, 1.165) is 45.6 Å². The van der Waals surface area contributed by atoms with Crippen LogP contribution in [0.4, 0.5) is 11.4 Å². The summed E-state index contributed by atoms with van der Waals surface area (Å²) in [5.41, 5.74) is 25.1. The fourth-order valence-corrected chi connectivity index (χ4v) is 9.65. The Morgan fingerprint density at radius 1 is 0.548 bits per heavy atom. The summed E-state index contributed by atoms with van der Waals surface area (Å²) >= 11 is 0. The number of nitrogens with one attached hydrogen (secondary N) is 1. The van der Waals surface area contributed by atoms with Crippen LogP contribution in [0.15, 0.2) is 240 Å². The molecule has 0 fully saturated rings. The molecule has 0 saturated heterocycles. The number of benzene rings is 8. The molecular formula is C57H43N5. The van der Waals surface area contributed by atoms with Crippen molar-refractivity contribution in [2.75, 3.05) is 11.4 Å². The lowest BCUT2D eigenvalue weighted by molar-refractivity contribution is 0.667. The fraction of sp³-hybridized carbons (Fsp3) is 0.0526. The molecule has 2 aliphatic heterocycles. The van der Waals surface area contributed by atoms with E-state index in [1.165, 1.54) is 50.3 Å². The Balaban J connectivity index is 0.969. The number of nitrogens with zero attached hydrogens (tertiary/aromatic N) is 3. The van der Waals surface area contributed by atoms with Crippen molar-refractivity contribution in [3.05, 3.63) is 263 Å². The van der Waals surface area contributed by atoms with Crippen LogP contribution >= 0.6 is 0 Å². The van der Waals surface area contributed by atoms with Crippen molar-refractivity contribution < 1.29 is 0 Å². The molecule has 0 amide bonds. The quantitative estimate of drug-likeness (QED) is 0.125. The van der Waals surface area contributed by atoms with Crippen molar-refractivity contribution in [2.45, 2.75) is 12.0 Å². The molecule has 8 aromatic rings. The maximum absolute atomic E-state index is 6.69. The molecule has 5 heteroatoms. The Morgan fingerprint density at radius 2 is 1.18 bits per heavy atom. The molecule has 2 heterocycles. The number of dihydropyridines is 1. The number of anilines is 2. The molecule has 3 aliphatic rings. The van der Waals surface area contributed by atoms with Crippen LogP contribution in [0.25, 0.3) is 33.4 Å². The molecule has 1 atom stereocenters. The molecule has 0 saturated carbocycles. The van der Waals surface area contributed by atoms with Crippen molar-refractivity contribution in [2.24, 2.45) is 15.7 Å². The predicted octanol–water partition coefficient (Wildman–Crippen LogP) is 12.2. The molecule has 5 nitrogen and oxygen atoms in total. The van der Waals surface area contributed by atoms with Crippen molar-refractivity contribution >= 4 is 23.0 Å². The summed E-state index contributed by atoms with van der Waals surface area (Å²) in [6.45, 7) is 1.25. The van der Waals surface area contributed by atoms with E-state index in [2.05, 4.69) is 168 Å². The molecule has 3 N–H and O–H groups in total. The SMILES string of the molecule is N/C(=N\C(=N/Cc1ccccc1)c1ccccc1)c1ccc(-c2cccc(-c3ccc4c(c3)C3(C5=C(C=CNC5)N(c5ccccc5)c5ccccc53)c3ccccc3-4)c2)cc1. The van der Waals surface area contributed by atoms with Gasteiger partial charge in [-0.05, 0) is 104 Å². The van der Waals surface area contributed by atoms with Gasteiger partial charge in [0.15, 0.2) is 5.84 Å². The number of hydrogen-bond donors (Lipinski definition) is 2. The van der Waals surface area contributed by atoms with Gasteiger partial charge in [0.05, 0.1) is 23.3 Å². The number of hydrogen-bond acceptors (Lipinski definition) is 3. The molecule has 0 aromatic heterocycles. The number of allylic oxidation sites excluding steroid dienone is 1. The number of aliphatic imine (C=N–C) groups is 2. The lowest BCUT2D eigenvalue weighted by atomic mass is 9.63. The Bertz CT molecular complexity index is 3090. The third kappa shape index (κ3) is 6.25. The molecule has 62 heavy (non-hydrogen) atoms. The second-order valence-corrected chi connectivity index (χ2v) is 16.0. The van der Waals surface area contributed by atoms with Gasteiger partial charge in [0.1, 0.15) is 5.84 Å². The van der Waals surface area contributed by atoms with Crippen LogP contribution in [0.1, 0.15) is 33.4 Å². The van der Waals surface area contributed by atoms with Crippen LogP contribution in [0.3, 0.4) is 0 Å². The number of fused-ring (bicyclic) bond motifs is 8. The van der Waals surface area contributed by atoms with Gasteiger partial charge >= 0.3 is 0 Å². The molecule has 0 bridgehead atoms. The highest BCUT2D eigenvalue weighted by molar-refractivity contribution is 6.11. The van der Waals surface area contributed by atoms with E-state index in [-0.39, 0.29) is 0 Å². The van der Waals surface area contributed by atoms with Crippen molar-refractivity contribution in [1.82, 2.24) is 5.32 Å². The van der Waals surface area contributed by atoms with Crippen LogP contribution in [0.2, 0.25) is 0 Å². The van der Waals surface area contributed by atoms with E-state index < -0.39 is 5.41 Å². The van der Waals surface area contributed by atoms with Crippen molar-refractivity contribution in [3.8, 4) is 33.4 Å². The Labute approximate surface area is 362 Å². The molecule has 11 rings (SSSR count). The minimum Gasteiger partial charge on any atom is -0.387 e. The minimum atomic E-state index is -0.488. The van der Waals surface area contributed by atoms with Gasteiger partial charge in [-0.2, -0.15) is 0 Å². The van der Waals surface area contributed by atoms with Crippen LogP contribution in [0, 0.1) is 0 Å². The van der Waals surface area contributed by atoms with Crippen LogP contribution in [-0.4, -0.2) is 18.2 Å². The first-order valence-electron chi connectivity index (χ1n) is 21.2. The van der Waals surface area contributed by atoms with Crippen LogP contribution < -0.4 is 16.0 Å². The highest BCUT2D eigenvalue weighted by Gasteiger charge is 2.52. The Kier molecular flexibility index (Phi) is 9.28. The predicted molar refractivity (Wildman–Crippen MR) is 256 cm³/mol. The molecule has 0 radical (unpaired) electrons. The zero-order valence-electron chi connectivity index (χ0n) is 34.1. The molecule has 1 unspecified atom stereocenters. The van der Waals surface area contributed by atoms with Gasteiger partial charge in [0.2, 0.25) is 0 Å². The second kappa shape index (κ2) is 15.5. The summed E-state index contributed by atoms with van der Waals surface area (Å²) in [6, 6.07) is 73.3. The van der Waals surface area contributed by atoms with E-state index in [1.54, 1.807) is 0 Å². The average Bonchev–Trinajstić information content (AvgIpc) is 3.64. The lowest BCUT2D eigenvalue weighted by Crippen LogP contribution is -2.43. The summed E-state index contributed by atoms with van der Waals surface area (Å²) in [4.78, 5) is 12.2. The summed E-state index contributed by atoms with van der Waals surface area (Å²) in [7, 11) is 0. The summed E-state index contributed by atoms with van der Waals surface area (Å²) in [5, 5.41) is 3.62. The minimum absolute atomic E-state index is 0.423. The van der Waals surface area contributed by atoms with Gasteiger partial charge in [-0.3, -0.25) is 4.99 Å². The van der Waals surface area contributed by atoms with E-state index in [9.17, 15) is 0 Å². The number of nitrogens with two attached hydrogens (primary N) is 1. The van der Waals surface area contributed by atoms with Crippen molar-refractivity contribution in [1.29, 1.82) is 0 Å². The van der Waals surface area contributed by atoms with Gasteiger partial charge in [-0.25, -0.2) is 4.99 Å². The first kappa shape index (κ1) is 37.0. The summed E-state index contributed by atoms with van der Waals surface area (Å²) < 4.78 is 0. The molecule has 1 spiro atoms. The number of rotatable bonds is 7. The van der Waals surface area contributed by atoms with E-state index in [0.29, 0.717) is 18.2 Å². The number of para-hydroxylation sites is 2. The highest BCUT2D eigenvalue weighted by atomic mass is 15.2. The third-order valence-electron chi connectivity index (χ3n) is 12.5. The maximum atomic E-state index is 6.69. The van der Waals surface area contributed by atoms with E-state index in [4.69, 9.17) is 15.7 Å². The highest BCUT2D eigenvalue weighted by Crippen LogP contribution is 2.62. The van der Waals surface area contributed by atoms with Gasteiger partial charge in [-0.1, -0.05) is 176 Å². The summed E-state index contributed by atoms with van der Waals surface area (Å²) in [6.07, 6.45) is 4.35. The standard InChI is InChI=1S/C57H43N5/c58-55(61-56(42-17-6-2-7-18-42)60-37-39-15-4-1-5-16-39)41-29-27-40(28-30-41)43-19-14-20-44(35-43)45-31-32-48-47-23-10-11-24-49(47)57(51(48)36-45)50-25-12-13-26-53(50)62(46-21-8-3-9-22-46)54-33-34-59-38-52(54)57/h1-36,59H,37-38H2,(H2,58,60,61). The second-order valence-electron chi connectivity index (χ2n) is 16.0. The lowest BCUT2D eigenvalue weighted by Gasteiger charge is -2.47.